The van der Waals surface area contributed by atoms with E-state index in [9.17, 15) is 0 Å². The van der Waals surface area contributed by atoms with E-state index in [1.54, 1.807) is 0 Å². The third-order valence-electron chi connectivity index (χ3n) is 4.08. The Labute approximate surface area is 119 Å². The van der Waals surface area contributed by atoms with Crippen molar-refractivity contribution in [3.63, 3.8) is 0 Å². The molecular weight excluding hydrogens is 256 g/mol. The zero-order valence-corrected chi connectivity index (χ0v) is 14.0. The Morgan fingerprint density at radius 1 is 1.37 bits per heavy atom. The Morgan fingerprint density at radius 3 is 2.63 bits per heavy atom. The van der Waals surface area contributed by atoms with E-state index in [2.05, 4.69) is 39.8 Å². The molecule has 0 aromatic rings. The van der Waals surface area contributed by atoms with Gasteiger partial charge in [0.2, 0.25) is 0 Å². The Balaban J connectivity index is 2.45. The summed E-state index contributed by atoms with van der Waals surface area (Å²) in [5, 5.41) is 0.251. The molecule has 1 rings (SSSR count). The fourth-order valence-corrected chi connectivity index (χ4v) is 3.31. The SMILES string of the molecule is C#CCOC[C@H]1C[C@@H](O[Si](C)(C)C(C)(C)C)CCO1. The summed E-state index contributed by atoms with van der Waals surface area (Å²) >= 11 is 0. The summed E-state index contributed by atoms with van der Waals surface area (Å²) in [6.07, 6.45) is 7.49. The van der Waals surface area contributed by atoms with Gasteiger partial charge in [0.15, 0.2) is 8.32 Å². The Hall–Kier alpha value is -0.343. The average molecular weight is 284 g/mol. The Bertz CT molecular complexity index is 314. The molecule has 0 saturated carbocycles. The molecule has 0 unspecified atom stereocenters. The summed E-state index contributed by atoms with van der Waals surface area (Å²) in [6.45, 7) is 13.1. The van der Waals surface area contributed by atoms with Crippen LogP contribution in [0.2, 0.25) is 18.1 Å². The van der Waals surface area contributed by atoms with E-state index in [0.29, 0.717) is 19.3 Å². The van der Waals surface area contributed by atoms with Crippen LogP contribution in [0.1, 0.15) is 33.6 Å². The highest BCUT2D eigenvalue weighted by Gasteiger charge is 2.40. The van der Waals surface area contributed by atoms with Crippen molar-refractivity contribution in [2.75, 3.05) is 19.8 Å². The maximum atomic E-state index is 6.44. The van der Waals surface area contributed by atoms with Crippen LogP contribution in [-0.2, 0) is 13.9 Å². The lowest BCUT2D eigenvalue weighted by Crippen LogP contribution is -2.46. The molecule has 0 aromatic heterocycles. The van der Waals surface area contributed by atoms with E-state index in [1.807, 2.05) is 0 Å². The molecule has 1 heterocycles. The van der Waals surface area contributed by atoms with Crippen molar-refractivity contribution in [3.05, 3.63) is 0 Å². The molecule has 0 radical (unpaired) electrons. The predicted octanol–water partition coefficient (Wildman–Crippen LogP) is 3.21. The van der Waals surface area contributed by atoms with Gasteiger partial charge in [-0.25, -0.2) is 0 Å². The molecule has 0 bridgehead atoms. The quantitative estimate of drug-likeness (QED) is 0.441. The van der Waals surface area contributed by atoms with Crippen LogP contribution in [-0.4, -0.2) is 40.3 Å². The van der Waals surface area contributed by atoms with Crippen molar-refractivity contribution in [3.8, 4) is 12.3 Å². The maximum absolute atomic E-state index is 6.44. The second-order valence-corrected chi connectivity index (χ2v) is 11.5. The second-order valence-electron chi connectivity index (χ2n) is 6.74. The highest BCUT2D eigenvalue weighted by molar-refractivity contribution is 6.74. The zero-order chi connectivity index (χ0) is 14.5. The van der Waals surface area contributed by atoms with Crippen LogP contribution in [0, 0.1) is 12.3 Å². The molecule has 0 spiro atoms. The van der Waals surface area contributed by atoms with Crippen molar-refractivity contribution >= 4 is 8.32 Å². The highest BCUT2D eigenvalue weighted by Crippen LogP contribution is 2.38. The largest absolute Gasteiger partial charge is 0.414 e. The summed E-state index contributed by atoms with van der Waals surface area (Å²) < 4.78 is 17.5. The van der Waals surface area contributed by atoms with Crippen LogP contribution in [0.25, 0.3) is 0 Å². The third-order valence-corrected chi connectivity index (χ3v) is 8.61. The normalized spacial score (nSPS) is 25.1. The monoisotopic (exact) mass is 284 g/mol. The molecular formula is C15H28O3Si. The fraction of sp³-hybridized carbons (Fsp3) is 0.867. The van der Waals surface area contributed by atoms with Gasteiger partial charge in [-0.1, -0.05) is 26.7 Å². The lowest BCUT2D eigenvalue weighted by atomic mass is 10.1. The molecule has 19 heavy (non-hydrogen) atoms. The van der Waals surface area contributed by atoms with Crippen LogP contribution >= 0.6 is 0 Å². The van der Waals surface area contributed by atoms with Gasteiger partial charge >= 0.3 is 0 Å². The maximum Gasteiger partial charge on any atom is 0.192 e. The molecule has 0 aromatic carbocycles. The Kier molecular flexibility index (Phi) is 6.06. The van der Waals surface area contributed by atoms with E-state index < -0.39 is 8.32 Å². The first kappa shape index (κ1) is 16.7. The minimum Gasteiger partial charge on any atom is -0.414 e. The predicted molar refractivity (Wildman–Crippen MR) is 80.7 cm³/mol. The van der Waals surface area contributed by atoms with E-state index in [1.165, 1.54) is 0 Å². The van der Waals surface area contributed by atoms with Crippen LogP contribution in [0.4, 0.5) is 0 Å². The number of hydrogen-bond acceptors (Lipinski definition) is 3. The van der Waals surface area contributed by atoms with E-state index >= 15 is 0 Å². The van der Waals surface area contributed by atoms with Gasteiger partial charge in [0.1, 0.15) is 6.61 Å². The molecule has 1 fully saturated rings. The molecule has 0 amide bonds. The number of ether oxygens (including phenoxy) is 2. The first-order chi connectivity index (χ1) is 8.76. The molecule has 110 valence electrons. The van der Waals surface area contributed by atoms with Crippen LogP contribution in [0.5, 0.6) is 0 Å². The molecule has 3 nitrogen and oxygen atoms in total. The molecule has 1 aliphatic rings. The van der Waals surface area contributed by atoms with E-state index in [4.69, 9.17) is 20.3 Å². The minimum absolute atomic E-state index is 0.122. The molecule has 1 aliphatic heterocycles. The molecule has 0 N–H and O–H groups in total. The van der Waals surface area contributed by atoms with Crippen molar-refractivity contribution in [1.82, 2.24) is 0 Å². The van der Waals surface area contributed by atoms with Crippen LogP contribution in [0.3, 0.4) is 0 Å². The second kappa shape index (κ2) is 6.89. The fourth-order valence-electron chi connectivity index (χ4n) is 1.91. The Morgan fingerprint density at radius 2 is 2.05 bits per heavy atom. The highest BCUT2D eigenvalue weighted by atomic mass is 28.4. The number of hydrogen-bond donors (Lipinski definition) is 0. The smallest absolute Gasteiger partial charge is 0.192 e. The summed E-state index contributed by atoms with van der Waals surface area (Å²) in [4.78, 5) is 0. The lowest BCUT2D eigenvalue weighted by molar-refractivity contribution is -0.0714. The summed E-state index contributed by atoms with van der Waals surface area (Å²) in [5.41, 5.74) is 0. The standard InChI is InChI=1S/C15H28O3Si/c1-7-9-16-12-14-11-13(8-10-17-14)18-19(5,6)15(2,3)4/h1,13-14H,8-12H2,2-6H3/t13-,14+/m0/s1. The van der Waals surface area contributed by atoms with Gasteiger partial charge in [-0.3, -0.25) is 0 Å². The van der Waals surface area contributed by atoms with Gasteiger partial charge in [0, 0.05) is 19.1 Å². The van der Waals surface area contributed by atoms with Gasteiger partial charge in [0.05, 0.1) is 12.7 Å². The van der Waals surface area contributed by atoms with Gasteiger partial charge in [-0.2, -0.15) is 0 Å². The number of rotatable bonds is 5. The van der Waals surface area contributed by atoms with E-state index in [0.717, 1.165) is 19.4 Å². The van der Waals surface area contributed by atoms with Crippen molar-refractivity contribution < 1.29 is 13.9 Å². The topological polar surface area (TPSA) is 27.7 Å². The molecule has 1 saturated heterocycles. The lowest BCUT2D eigenvalue weighted by Gasteiger charge is -2.41. The zero-order valence-electron chi connectivity index (χ0n) is 13.0. The number of terminal acetylenes is 1. The van der Waals surface area contributed by atoms with Crippen LogP contribution < -0.4 is 0 Å². The minimum atomic E-state index is -1.69. The summed E-state index contributed by atoms with van der Waals surface area (Å²) in [6, 6.07) is 0. The van der Waals surface area contributed by atoms with Crippen molar-refractivity contribution in [2.24, 2.45) is 0 Å². The van der Waals surface area contributed by atoms with Gasteiger partial charge < -0.3 is 13.9 Å². The van der Waals surface area contributed by atoms with Gasteiger partial charge in [0.25, 0.3) is 0 Å². The van der Waals surface area contributed by atoms with Crippen molar-refractivity contribution in [2.45, 2.75) is 64.0 Å². The average Bonchev–Trinajstić information content (AvgIpc) is 2.27. The van der Waals surface area contributed by atoms with E-state index in [-0.39, 0.29) is 11.1 Å². The first-order valence-corrected chi connectivity index (χ1v) is 9.98. The molecule has 2 atom stereocenters. The first-order valence-electron chi connectivity index (χ1n) is 7.07. The van der Waals surface area contributed by atoms with Gasteiger partial charge in [-0.15, -0.1) is 6.42 Å². The van der Waals surface area contributed by atoms with Crippen LogP contribution in [0.15, 0.2) is 0 Å². The van der Waals surface area contributed by atoms with Crippen molar-refractivity contribution in [1.29, 1.82) is 0 Å². The third kappa shape index (κ3) is 5.27. The summed E-state index contributed by atoms with van der Waals surface area (Å²) in [5.74, 6) is 2.47. The molecule has 0 aliphatic carbocycles. The summed E-state index contributed by atoms with van der Waals surface area (Å²) in [7, 11) is -1.69. The molecule has 4 heteroatoms. The van der Waals surface area contributed by atoms with Gasteiger partial charge in [-0.05, 0) is 24.6 Å².